The maximum absolute atomic E-state index is 12.4. The quantitative estimate of drug-likeness (QED) is 0.273. The number of hydrazone groups is 1. The highest BCUT2D eigenvalue weighted by atomic mass is 32.1. The summed E-state index contributed by atoms with van der Waals surface area (Å²) in [5.41, 5.74) is 3.92. The van der Waals surface area contributed by atoms with Crippen LogP contribution in [0, 0.1) is 0 Å². The van der Waals surface area contributed by atoms with Crippen molar-refractivity contribution < 1.29 is 33.3 Å². The highest BCUT2D eigenvalue weighted by Crippen LogP contribution is 2.39. The minimum Gasteiger partial charge on any atom is -0.493 e. The molecule has 0 unspecified atom stereocenters. The number of aryl methyl sites for hydroxylation is 1. The van der Waals surface area contributed by atoms with Crippen LogP contribution >= 0.6 is 11.3 Å². The van der Waals surface area contributed by atoms with Crippen LogP contribution in [0.2, 0.25) is 0 Å². The number of esters is 1. The van der Waals surface area contributed by atoms with Crippen LogP contribution in [0.15, 0.2) is 17.2 Å². The molecule has 2 amide bonds. The van der Waals surface area contributed by atoms with Gasteiger partial charge < -0.3 is 24.3 Å². The zero-order chi connectivity index (χ0) is 24.0. The molecule has 1 aromatic heterocycles. The first-order valence-electron chi connectivity index (χ1n) is 10.1. The van der Waals surface area contributed by atoms with Gasteiger partial charge in [0.25, 0.3) is 0 Å². The smallest absolute Gasteiger partial charge is 0.341 e. The van der Waals surface area contributed by atoms with Crippen molar-refractivity contribution in [2.75, 3.05) is 33.8 Å². The van der Waals surface area contributed by atoms with Gasteiger partial charge in [-0.1, -0.05) is 0 Å². The number of nitrogens with zero attached hydrogens (tertiary/aromatic N) is 1. The van der Waals surface area contributed by atoms with E-state index in [0.29, 0.717) is 33.4 Å². The van der Waals surface area contributed by atoms with Crippen LogP contribution in [-0.4, -0.2) is 52.4 Å². The molecule has 11 heteroatoms. The topological polar surface area (TPSA) is 125 Å². The Balaban J connectivity index is 1.71. The molecule has 1 aliphatic rings. The Kier molecular flexibility index (Phi) is 7.88. The number of ether oxygens (including phenoxy) is 4. The van der Waals surface area contributed by atoms with Crippen LogP contribution < -0.4 is 25.0 Å². The molecule has 0 radical (unpaired) electrons. The molecule has 0 bridgehead atoms. The van der Waals surface area contributed by atoms with E-state index in [1.165, 1.54) is 46.0 Å². The second-order valence-corrected chi connectivity index (χ2v) is 8.12. The van der Waals surface area contributed by atoms with Gasteiger partial charge in [0.15, 0.2) is 11.5 Å². The number of carbonyl (C=O) groups excluding carboxylic acids is 3. The second kappa shape index (κ2) is 10.8. The molecule has 1 aromatic carbocycles. The molecule has 1 aliphatic carbocycles. The number of rotatable bonds is 7. The van der Waals surface area contributed by atoms with E-state index in [0.717, 1.165) is 36.1 Å². The molecule has 33 heavy (non-hydrogen) atoms. The van der Waals surface area contributed by atoms with E-state index in [9.17, 15) is 14.4 Å². The summed E-state index contributed by atoms with van der Waals surface area (Å²) in [7, 11) is 5.73. The van der Waals surface area contributed by atoms with Crippen molar-refractivity contribution in [2.45, 2.75) is 25.7 Å². The predicted octanol–water partition coefficient (Wildman–Crippen LogP) is 2.53. The molecule has 1 heterocycles. The minimum atomic E-state index is -0.985. The van der Waals surface area contributed by atoms with Crippen LogP contribution in [0.5, 0.6) is 17.2 Å². The van der Waals surface area contributed by atoms with Crippen LogP contribution in [0.25, 0.3) is 0 Å². The standard InChI is InChI=1S/C22H25N3O7S/c1-29-14-9-12(10-15(30-2)18(14)31-3)11-23-25-20(27)19(26)24-21-17(22(28)32-4)13-7-5-6-8-16(13)33-21/h9-11H,5-8H2,1-4H3,(H,24,26)(H,25,27)/b23-11-. The van der Waals surface area contributed by atoms with Crippen molar-refractivity contribution in [2.24, 2.45) is 5.10 Å². The van der Waals surface area contributed by atoms with Crippen LogP contribution in [0.4, 0.5) is 5.00 Å². The lowest BCUT2D eigenvalue weighted by Gasteiger charge is -2.12. The number of methoxy groups -OCH3 is 4. The molecule has 0 aliphatic heterocycles. The first-order chi connectivity index (χ1) is 15.9. The van der Waals surface area contributed by atoms with Crippen LogP contribution in [0.3, 0.4) is 0 Å². The van der Waals surface area contributed by atoms with E-state index in [1.807, 2.05) is 0 Å². The zero-order valence-electron chi connectivity index (χ0n) is 18.8. The first kappa shape index (κ1) is 24.1. The Labute approximate surface area is 194 Å². The van der Waals surface area contributed by atoms with Gasteiger partial charge in [-0.05, 0) is 43.4 Å². The monoisotopic (exact) mass is 475 g/mol. The lowest BCUT2D eigenvalue weighted by Crippen LogP contribution is -2.32. The van der Waals surface area contributed by atoms with Gasteiger partial charge in [-0.2, -0.15) is 5.10 Å². The summed E-state index contributed by atoms with van der Waals surface area (Å²) in [6.45, 7) is 0. The second-order valence-electron chi connectivity index (χ2n) is 7.02. The van der Waals surface area contributed by atoms with Crippen molar-refractivity contribution in [1.29, 1.82) is 0 Å². The van der Waals surface area contributed by atoms with E-state index in [-0.39, 0.29) is 0 Å². The van der Waals surface area contributed by atoms with Crippen molar-refractivity contribution in [3.8, 4) is 17.2 Å². The highest BCUT2D eigenvalue weighted by molar-refractivity contribution is 7.17. The van der Waals surface area contributed by atoms with Crippen LogP contribution in [0.1, 0.15) is 39.2 Å². The molecule has 2 N–H and O–H groups in total. The third-order valence-corrected chi connectivity index (χ3v) is 6.27. The Bertz CT molecular complexity index is 1070. The molecule has 2 aromatic rings. The zero-order valence-corrected chi connectivity index (χ0v) is 19.6. The average molecular weight is 476 g/mol. The van der Waals surface area contributed by atoms with Crippen molar-refractivity contribution >= 4 is 40.3 Å². The summed E-state index contributed by atoms with van der Waals surface area (Å²) in [5.74, 6) is -1.22. The fourth-order valence-electron chi connectivity index (χ4n) is 3.52. The summed E-state index contributed by atoms with van der Waals surface area (Å²) < 4.78 is 20.7. The number of carbonyl (C=O) groups is 3. The SMILES string of the molecule is COC(=O)c1c(NC(=O)C(=O)N/N=C\c2cc(OC)c(OC)c(OC)c2)sc2c1CCCC2. The molecule has 10 nitrogen and oxygen atoms in total. The van der Waals surface area contributed by atoms with E-state index < -0.39 is 17.8 Å². The minimum absolute atomic E-state index is 0.308. The third kappa shape index (κ3) is 5.25. The highest BCUT2D eigenvalue weighted by Gasteiger charge is 2.28. The molecule has 3 rings (SSSR count). The molecule has 0 fully saturated rings. The molecular weight excluding hydrogens is 450 g/mol. The lowest BCUT2D eigenvalue weighted by molar-refractivity contribution is -0.136. The normalized spacial score (nSPS) is 12.6. The Morgan fingerprint density at radius 2 is 1.64 bits per heavy atom. The molecule has 0 spiro atoms. The number of amides is 2. The van der Waals surface area contributed by atoms with Gasteiger partial charge >= 0.3 is 17.8 Å². The van der Waals surface area contributed by atoms with Gasteiger partial charge in [0.2, 0.25) is 5.75 Å². The van der Waals surface area contributed by atoms with Gasteiger partial charge in [0.05, 0.1) is 40.2 Å². The maximum Gasteiger partial charge on any atom is 0.341 e. The molecule has 0 saturated carbocycles. The Morgan fingerprint density at radius 3 is 2.24 bits per heavy atom. The summed E-state index contributed by atoms with van der Waals surface area (Å²) in [6.07, 6.45) is 4.86. The number of hydrogen-bond acceptors (Lipinski definition) is 9. The van der Waals surface area contributed by atoms with E-state index in [2.05, 4.69) is 15.8 Å². The van der Waals surface area contributed by atoms with E-state index in [4.69, 9.17) is 18.9 Å². The largest absolute Gasteiger partial charge is 0.493 e. The predicted molar refractivity (Wildman–Crippen MR) is 123 cm³/mol. The number of benzene rings is 1. The summed E-state index contributed by atoms with van der Waals surface area (Å²) in [6, 6.07) is 3.27. The Hall–Kier alpha value is -3.60. The summed E-state index contributed by atoms with van der Waals surface area (Å²) in [4.78, 5) is 38.0. The fourth-order valence-corrected chi connectivity index (χ4v) is 4.80. The number of nitrogens with one attached hydrogen (secondary N) is 2. The van der Waals surface area contributed by atoms with Gasteiger partial charge in [-0.15, -0.1) is 11.3 Å². The van der Waals surface area contributed by atoms with Gasteiger partial charge in [-0.25, -0.2) is 10.2 Å². The number of hydrogen-bond donors (Lipinski definition) is 2. The molecule has 0 atom stereocenters. The fraction of sp³-hybridized carbons (Fsp3) is 0.364. The van der Waals surface area contributed by atoms with Gasteiger partial charge in [0.1, 0.15) is 5.00 Å². The molecule has 0 saturated heterocycles. The summed E-state index contributed by atoms with van der Waals surface area (Å²) >= 11 is 1.29. The lowest BCUT2D eigenvalue weighted by atomic mass is 9.95. The maximum atomic E-state index is 12.4. The summed E-state index contributed by atoms with van der Waals surface area (Å²) in [5, 5.41) is 6.65. The van der Waals surface area contributed by atoms with Crippen molar-refractivity contribution in [3.05, 3.63) is 33.7 Å². The number of thiophene rings is 1. The Morgan fingerprint density at radius 1 is 0.970 bits per heavy atom. The molecular formula is C22H25N3O7S. The van der Waals surface area contributed by atoms with Gasteiger partial charge in [0, 0.05) is 10.4 Å². The van der Waals surface area contributed by atoms with E-state index in [1.54, 1.807) is 12.1 Å². The first-order valence-corrected chi connectivity index (χ1v) is 10.9. The molecule has 176 valence electrons. The van der Waals surface area contributed by atoms with Gasteiger partial charge in [-0.3, -0.25) is 9.59 Å². The number of fused-ring (bicyclic) bond motifs is 1. The van der Waals surface area contributed by atoms with Crippen molar-refractivity contribution in [3.63, 3.8) is 0 Å². The third-order valence-electron chi connectivity index (χ3n) is 5.06. The number of anilines is 1. The van der Waals surface area contributed by atoms with Crippen LogP contribution in [-0.2, 0) is 27.2 Å². The average Bonchev–Trinajstić information content (AvgIpc) is 3.20. The van der Waals surface area contributed by atoms with Crippen molar-refractivity contribution in [1.82, 2.24) is 5.43 Å². The van der Waals surface area contributed by atoms with E-state index >= 15 is 0 Å².